The first kappa shape index (κ1) is 15.4. The molecule has 2 heterocycles. The van der Waals surface area contributed by atoms with Crippen molar-refractivity contribution >= 4 is 27.3 Å². The molecule has 2 rings (SSSR count). The molecule has 1 fully saturated rings. The van der Waals surface area contributed by atoms with Crippen molar-refractivity contribution < 1.29 is 23.1 Å². The van der Waals surface area contributed by atoms with Gasteiger partial charge in [-0.2, -0.15) is 0 Å². The monoisotopic (exact) mass is 320 g/mol. The molecule has 0 radical (unpaired) electrons. The van der Waals surface area contributed by atoms with Crippen LogP contribution in [0.1, 0.15) is 9.67 Å². The SMILES string of the molecule is O=C(O)c1cc(S(=O)(=O)NCCN2CCOCC2)cs1. The number of nitrogens with one attached hydrogen (secondary N) is 1. The molecule has 9 heteroatoms. The summed E-state index contributed by atoms with van der Waals surface area (Å²) in [5.41, 5.74) is 0. The first-order valence-corrected chi connectivity index (χ1v) is 8.47. The molecule has 0 unspecified atom stereocenters. The molecule has 0 bridgehead atoms. The molecule has 0 aromatic carbocycles. The fraction of sp³-hybridized carbons (Fsp3) is 0.545. The van der Waals surface area contributed by atoms with Crippen LogP contribution in [-0.2, 0) is 14.8 Å². The quantitative estimate of drug-likeness (QED) is 0.769. The number of morpholine rings is 1. The Labute approximate surface area is 121 Å². The second-order valence-corrected chi connectivity index (χ2v) is 6.98. The maximum absolute atomic E-state index is 12.0. The average Bonchev–Trinajstić information content (AvgIpc) is 2.90. The number of rotatable bonds is 6. The van der Waals surface area contributed by atoms with Crippen LogP contribution in [0.5, 0.6) is 0 Å². The van der Waals surface area contributed by atoms with E-state index >= 15 is 0 Å². The van der Waals surface area contributed by atoms with Gasteiger partial charge in [0.2, 0.25) is 10.0 Å². The molecule has 0 atom stereocenters. The fourth-order valence-corrected chi connectivity index (χ4v) is 3.95. The summed E-state index contributed by atoms with van der Waals surface area (Å²) in [7, 11) is -3.63. The Hall–Kier alpha value is -1.00. The number of carbonyl (C=O) groups is 1. The van der Waals surface area contributed by atoms with E-state index in [9.17, 15) is 13.2 Å². The molecule has 0 saturated carbocycles. The van der Waals surface area contributed by atoms with Crippen molar-refractivity contribution in [2.75, 3.05) is 39.4 Å². The van der Waals surface area contributed by atoms with E-state index in [0.29, 0.717) is 26.3 Å². The molecule has 7 nitrogen and oxygen atoms in total. The molecule has 1 aliphatic heterocycles. The van der Waals surface area contributed by atoms with Crippen molar-refractivity contribution in [2.45, 2.75) is 4.90 Å². The molecular formula is C11H16N2O5S2. The van der Waals surface area contributed by atoms with Gasteiger partial charge in [-0.15, -0.1) is 11.3 Å². The number of hydrogen-bond donors (Lipinski definition) is 2. The van der Waals surface area contributed by atoms with E-state index < -0.39 is 16.0 Å². The number of sulfonamides is 1. The van der Waals surface area contributed by atoms with Crippen LogP contribution in [0.15, 0.2) is 16.3 Å². The van der Waals surface area contributed by atoms with Crippen molar-refractivity contribution in [3.05, 3.63) is 16.3 Å². The van der Waals surface area contributed by atoms with E-state index in [1.807, 2.05) is 0 Å². The lowest BCUT2D eigenvalue weighted by atomic mass is 10.4. The third kappa shape index (κ3) is 4.00. The minimum absolute atomic E-state index is 0.00174. The van der Waals surface area contributed by atoms with E-state index in [2.05, 4.69) is 9.62 Å². The first-order chi connectivity index (χ1) is 9.49. The summed E-state index contributed by atoms with van der Waals surface area (Å²) in [6.07, 6.45) is 0. The second-order valence-electron chi connectivity index (χ2n) is 4.30. The number of thiophene rings is 1. The lowest BCUT2D eigenvalue weighted by Gasteiger charge is -2.26. The number of carboxylic acids is 1. The number of ether oxygens (including phenoxy) is 1. The van der Waals surface area contributed by atoms with Crippen LogP contribution in [0.4, 0.5) is 0 Å². The van der Waals surface area contributed by atoms with Gasteiger partial charge in [-0.25, -0.2) is 17.9 Å². The molecule has 1 saturated heterocycles. The summed E-state index contributed by atoms with van der Waals surface area (Å²) >= 11 is 0.900. The van der Waals surface area contributed by atoms with Gasteiger partial charge >= 0.3 is 5.97 Å². The summed E-state index contributed by atoms with van der Waals surface area (Å²) in [5.74, 6) is -1.12. The zero-order chi connectivity index (χ0) is 14.6. The van der Waals surface area contributed by atoms with Crippen LogP contribution in [0.25, 0.3) is 0 Å². The molecule has 1 aromatic heterocycles. The van der Waals surface area contributed by atoms with E-state index in [0.717, 1.165) is 24.4 Å². The standard InChI is InChI=1S/C11H16N2O5S2/c14-11(15)10-7-9(8-19-10)20(16,17)12-1-2-13-3-5-18-6-4-13/h7-8,12H,1-6H2,(H,14,15). The Morgan fingerprint density at radius 2 is 2.15 bits per heavy atom. The van der Waals surface area contributed by atoms with Crippen molar-refractivity contribution in [3.63, 3.8) is 0 Å². The van der Waals surface area contributed by atoms with Gasteiger partial charge in [-0.1, -0.05) is 0 Å². The van der Waals surface area contributed by atoms with E-state index in [-0.39, 0.29) is 9.77 Å². The number of carboxylic acid groups (broad SMARTS) is 1. The minimum atomic E-state index is -3.63. The highest BCUT2D eigenvalue weighted by molar-refractivity contribution is 7.89. The van der Waals surface area contributed by atoms with Crippen molar-refractivity contribution in [3.8, 4) is 0 Å². The smallest absolute Gasteiger partial charge is 0.345 e. The topological polar surface area (TPSA) is 95.9 Å². The molecule has 112 valence electrons. The summed E-state index contributed by atoms with van der Waals surface area (Å²) in [4.78, 5) is 12.9. The maximum Gasteiger partial charge on any atom is 0.345 e. The number of aromatic carboxylic acids is 1. The van der Waals surface area contributed by atoms with Gasteiger partial charge in [-0.3, -0.25) is 4.90 Å². The summed E-state index contributed by atoms with van der Waals surface area (Å²) < 4.78 is 31.6. The largest absolute Gasteiger partial charge is 0.477 e. The zero-order valence-corrected chi connectivity index (χ0v) is 12.4. The van der Waals surface area contributed by atoms with Gasteiger partial charge in [0.25, 0.3) is 0 Å². The average molecular weight is 320 g/mol. The summed E-state index contributed by atoms with van der Waals surface area (Å²) in [6, 6.07) is 1.17. The predicted octanol–water partition coefficient (Wildman–Crippen LogP) is 0.0568. The summed E-state index contributed by atoms with van der Waals surface area (Å²) in [5, 5.41) is 10.1. The third-order valence-corrected chi connectivity index (χ3v) is 5.43. The Morgan fingerprint density at radius 1 is 1.45 bits per heavy atom. The molecular weight excluding hydrogens is 304 g/mol. The first-order valence-electron chi connectivity index (χ1n) is 6.10. The number of hydrogen-bond acceptors (Lipinski definition) is 6. The fourth-order valence-electron chi connectivity index (χ4n) is 1.82. The van der Waals surface area contributed by atoms with Crippen molar-refractivity contribution in [1.82, 2.24) is 9.62 Å². The molecule has 1 aromatic rings. The highest BCUT2D eigenvalue weighted by Crippen LogP contribution is 2.18. The molecule has 2 N–H and O–H groups in total. The minimum Gasteiger partial charge on any atom is -0.477 e. The number of nitrogens with zero attached hydrogens (tertiary/aromatic N) is 1. The van der Waals surface area contributed by atoms with Crippen molar-refractivity contribution in [2.24, 2.45) is 0 Å². The van der Waals surface area contributed by atoms with Gasteiger partial charge in [-0.05, 0) is 6.07 Å². The third-order valence-electron chi connectivity index (χ3n) is 2.92. The molecule has 1 aliphatic rings. The predicted molar refractivity (Wildman–Crippen MR) is 73.7 cm³/mol. The van der Waals surface area contributed by atoms with Crippen LogP contribution in [0.2, 0.25) is 0 Å². The van der Waals surface area contributed by atoms with Gasteiger partial charge < -0.3 is 9.84 Å². The van der Waals surface area contributed by atoms with Crippen molar-refractivity contribution in [1.29, 1.82) is 0 Å². The van der Waals surface area contributed by atoms with E-state index in [1.165, 1.54) is 11.4 Å². The van der Waals surface area contributed by atoms with E-state index in [1.54, 1.807) is 0 Å². The maximum atomic E-state index is 12.0. The van der Waals surface area contributed by atoms with Crippen LogP contribution >= 0.6 is 11.3 Å². The highest BCUT2D eigenvalue weighted by Gasteiger charge is 2.18. The molecule has 0 amide bonds. The second kappa shape index (κ2) is 6.64. The van der Waals surface area contributed by atoms with Crippen LogP contribution in [-0.4, -0.2) is 63.8 Å². The molecule has 0 spiro atoms. The molecule has 20 heavy (non-hydrogen) atoms. The van der Waals surface area contributed by atoms with Crippen LogP contribution < -0.4 is 4.72 Å². The normalized spacial score (nSPS) is 17.2. The van der Waals surface area contributed by atoms with Crippen LogP contribution in [0, 0.1) is 0 Å². The molecule has 0 aliphatic carbocycles. The Balaban J connectivity index is 1.88. The zero-order valence-electron chi connectivity index (χ0n) is 10.7. The lowest BCUT2D eigenvalue weighted by molar-refractivity contribution is 0.0390. The van der Waals surface area contributed by atoms with Gasteiger partial charge in [0, 0.05) is 31.6 Å². The Bertz CT molecular complexity index is 563. The van der Waals surface area contributed by atoms with Gasteiger partial charge in [0.1, 0.15) is 4.88 Å². The highest BCUT2D eigenvalue weighted by atomic mass is 32.2. The Kier molecular flexibility index (Phi) is 5.11. The van der Waals surface area contributed by atoms with Gasteiger partial charge in [0.05, 0.1) is 18.1 Å². The Morgan fingerprint density at radius 3 is 2.75 bits per heavy atom. The van der Waals surface area contributed by atoms with Gasteiger partial charge in [0.15, 0.2) is 0 Å². The summed E-state index contributed by atoms with van der Waals surface area (Å²) in [6.45, 7) is 3.82. The lowest BCUT2D eigenvalue weighted by Crippen LogP contribution is -2.41. The van der Waals surface area contributed by atoms with E-state index in [4.69, 9.17) is 9.84 Å². The van der Waals surface area contributed by atoms with Crippen LogP contribution in [0.3, 0.4) is 0 Å².